The monoisotopic (exact) mass is 439 g/mol. The Morgan fingerprint density at radius 3 is 2.29 bits per heavy atom. The summed E-state index contributed by atoms with van der Waals surface area (Å²) in [6.07, 6.45) is 0. The average Bonchev–Trinajstić information content (AvgIpc) is 3.19. The van der Waals surface area contributed by atoms with Crippen molar-refractivity contribution >= 4 is 69.8 Å². The highest BCUT2D eigenvalue weighted by Gasteiger charge is 2.14. The summed E-state index contributed by atoms with van der Waals surface area (Å²) in [6.45, 7) is 0. The first kappa shape index (κ1) is 16.2. The van der Waals surface area contributed by atoms with E-state index in [0.717, 1.165) is 15.0 Å². The first-order chi connectivity index (χ1) is 13.8. The summed E-state index contributed by atoms with van der Waals surface area (Å²) in [5.74, 6) is 0. The molecule has 132 valence electrons. The fourth-order valence-electron chi connectivity index (χ4n) is 3.99. The molecule has 0 N–H and O–H groups in total. The first-order valence-corrected chi connectivity index (χ1v) is 10.8. The van der Waals surface area contributed by atoms with Crippen LogP contribution in [-0.2, 0) is 0 Å². The van der Waals surface area contributed by atoms with Crippen LogP contribution in [0.5, 0.6) is 0 Å². The number of benzene rings is 5. The summed E-state index contributed by atoms with van der Waals surface area (Å²) < 4.78 is 2.33. The predicted octanol–water partition coefficient (Wildman–Crippen LogP) is 8.19. The van der Waals surface area contributed by atoms with Gasteiger partial charge >= 0.3 is 0 Å². The number of fused-ring (bicyclic) bond motifs is 7. The number of halogens is 1. The lowest BCUT2D eigenvalue weighted by Gasteiger charge is -2.06. The van der Waals surface area contributed by atoms with E-state index in [9.17, 15) is 0 Å². The molecule has 6 aromatic rings. The largest absolute Gasteiger partial charge is 0.235 e. The summed E-state index contributed by atoms with van der Waals surface area (Å²) in [6, 6.07) is 30.2. The van der Waals surface area contributed by atoms with Gasteiger partial charge in [0, 0.05) is 20.8 Å². The van der Waals surface area contributed by atoms with Gasteiger partial charge in [0.05, 0.1) is 10.2 Å². The zero-order chi connectivity index (χ0) is 18.7. The topological polar surface area (TPSA) is 12.9 Å². The minimum absolute atomic E-state index is 1.07. The molecule has 1 aromatic heterocycles. The van der Waals surface area contributed by atoms with Crippen LogP contribution in [0, 0.1) is 0 Å². The van der Waals surface area contributed by atoms with Crippen LogP contribution in [0.15, 0.2) is 89.4 Å². The van der Waals surface area contributed by atoms with Crippen LogP contribution in [0.1, 0.15) is 0 Å². The van der Waals surface area contributed by atoms with E-state index in [1.165, 1.54) is 42.6 Å². The van der Waals surface area contributed by atoms with Gasteiger partial charge in [-0.3, -0.25) is 0 Å². The van der Waals surface area contributed by atoms with E-state index in [0.29, 0.717) is 0 Å². The van der Waals surface area contributed by atoms with E-state index in [1.807, 2.05) is 0 Å². The minimum atomic E-state index is 1.07. The molecular formula is C25H14BrNS. The molecule has 0 saturated carbocycles. The lowest BCUT2D eigenvalue weighted by atomic mass is 10.0. The molecule has 0 aliphatic heterocycles. The molecular weight excluding hydrogens is 426 g/mol. The van der Waals surface area contributed by atoms with Crippen LogP contribution in [0.4, 0.5) is 0 Å². The highest BCUT2D eigenvalue weighted by atomic mass is 79.9. The Labute approximate surface area is 174 Å². The van der Waals surface area contributed by atoms with Crippen LogP contribution in [0.3, 0.4) is 0 Å². The quantitative estimate of drug-likeness (QED) is 0.235. The highest BCUT2D eigenvalue weighted by molar-refractivity contribution is 9.10. The molecule has 28 heavy (non-hydrogen) atoms. The van der Waals surface area contributed by atoms with Crippen molar-refractivity contribution in [2.45, 2.75) is 0 Å². The molecule has 0 saturated heterocycles. The molecule has 0 aliphatic carbocycles. The van der Waals surface area contributed by atoms with Gasteiger partial charge in [-0.05, 0) is 39.7 Å². The Morgan fingerprint density at radius 1 is 0.643 bits per heavy atom. The number of nitrogens with zero attached hydrogens (tertiary/aromatic N) is 1. The van der Waals surface area contributed by atoms with Gasteiger partial charge in [0.25, 0.3) is 0 Å². The van der Waals surface area contributed by atoms with Crippen molar-refractivity contribution in [1.82, 2.24) is 4.98 Å². The molecule has 1 heterocycles. The number of hydrogen-bond acceptors (Lipinski definition) is 2. The Bertz CT molecular complexity index is 1530. The van der Waals surface area contributed by atoms with E-state index in [1.54, 1.807) is 11.3 Å². The smallest absolute Gasteiger partial charge is 0.124 e. The maximum Gasteiger partial charge on any atom is 0.124 e. The number of rotatable bonds is 1. The molecule has 6 rings (SSSR count). The molecule has 0 amide bonds. The highest BCUT2D eigenvalue weighted by Crippen LogP contribution is 2.41. The Balaban J connectivity index is 1.72. The normalized spacial score (nSPS) is 11.8. The van der Waals surface area contributed by atoms with Gasteiger partial charge in [-0.15, -0.1) is 11.3 Å². The van der Waals surface area contributed by atoms with Crippen molar-refractivity contribution in [3.8, 4) is 10.6 Å². The lowest BCUT2D eigenvalue weighted by molar-refractivity contribution is 1.50. The Kier molecular flexibility index (Phi) is 3.55. The standard InChI is InChI=1S/C25H14BrNS/c26-18-11-12-20-19-7-3-4-8-21(19)24-23(22(20)14-18)27-25(28-24)17-10-9-15-5-1-2-6-16(15)13-17/h1-14H. The van der Waals surface area contributed by atoms with E-state index < -0.39 is 0 Å². The van der Waals surface area contributed by atoms with Crippen molar-refractivity contribution in [3.63, 3.8) is 0 Å². The first-order valence-electron chi connectivity index (χ1n) is 9.18. The van der Waals surface area contributed by atoms with E-state index in [-0.39, 0.29) is 0 Å². The zero-order valence-corrected chi connectivity index (χ0v) is 17.2. The third-order valence-corrected chi connectivity index (χ3v) is 6.95. The maximum absolute atomic E-state index is 5.11. The minimum Gasteiger partial charge on any atom is -0.235 e. The van der Waals surface area contributed by atoms with Crippen LogP contribution in [0.2, 0.25) is 0 Å². The van der Waals surface area contributed by atoms with Crippen LogP contribution in [-0.4, -0.2) is 4.98 Å². The lowest BCUT2D eigenvalue weighted by Crippen LogP contribution is -1.81. The second kappa shape index (κ2) is 6.13. The molecule has 0 fully saturated rings. The van der Waals surface area contributed by atoms with Gasteiger partial charge in [-0.1, -0.05) is 82.7 Å². The summed E-state index contributed by atoms with van der Waals surface area (Å²) in [5.41, 5.74) is 2.26. The number of thiazole rings is 1. The third-order valence-electron chi connectivity index (χ3n) is 5.32. The maximum atomic E-state index is 5.11. The molecule has 0 spiro atoms. The second-order valence-electron chi connectivity index (χ2n) is 6.99. The summed E-state index contributed by atoms with van der Waals surface area (Å²) >= 11 is 5.42. The van der Waals surface area contributed by atoms with Crippen LogP contribution < -0.4 is 0 Å². The van der Waals surface area contributed by atoms with Crippen molar-refractivity contribution in [1.29, 1.82) is 0 Å². The SMILES string of the molecule is Brc1ccc2c3ccccc3c3sc(-c4ccc5ccccc5c4)nc3c2c1. The average molecular weight is 440 g/mol. The van der Waals surface area contributed by atoms with E-state index >= 15 is 0 Å². The fraction of sp³-hybridized carbons (Fsp3) is 0. The molecule has 0 bridgehead atoms. The van der Waals surface area contributed by atoms with Gasteiger partial charge in [-0.2, -0.15) is 0 Å². The van der Waals surface area contributed by atoms with Crippen molar-refractivity contribution < 1.29 is 0 Å². The molecule has 3 heteroatoms. The Morgan fingerprint density at radius 2 is 1.39 bits per heavy atom. The van der Waals surface area contributed by atoms with E-state index in [2.05, 4.69) is 101 Å². The van der Waals surface area contributed by atoms with Gasteiger partial charge in [-0.25, -0.2) is 4.98 Å². The molecule has 5 aromatic carbocycles. The summed E-state index contributed by atoms with van der Waals surface area (Å²) in [4.78, 5) is 5.11. The van der Waals surface area contributed by atoms with Gasteiger partial charge in [0.15, 0.2) is 0 Å². The molecule has 0 atom stereocenters. The zero-order valence-electron chi connectivity index (χ0n) is 14.8. The van der Waals surface area contributed by atoms with Gasteiger partial charge in [0.2, 0.25) is 0 Å². The fourth-order valence-corrected chi connectivity index (χ4v) is 5.47. The van der Waals surface area contributed by atoms with Crippen LogP contribution >= 0.6 is 27.3 Å². The summed E-state index contributed by atoms with van der Waals surface area (Å²) in [5, 5.41) is 8.58. The van der Waals surface area contributed by atoms with Crippen LogP contribution in [0.25, 0.3) is 53.1 Å². The van der Waals surface area contributed by atoms with Crippen molar-refractivity contribution in [3.05, 3.63) is 89.4 Å². The second-order valence-corrected chi connectivity index (χ2v) is 8.91. The van der Waals surface area contributed by atoms with Crippen molar-refractivity contribution in [2.75, 3.05) is 0 Å². The molecule has 1 nitrogen and oxygen atoms in total. The molecule has 0 aliphatic rings. The van der Waals surface area contributed by atoms with E-state index in [4.69, 9.17) is 4.98 Å². The molecule has 0 radical (unpaired) electrons. The van der Waals surface area contributed by atoms with Gasteiger partial charge in [0.1, 0.15) is 5.01 Å². The van der Waals surface area contributed by atoms with Gasteiger partial charge < -0.3 is 0 Å². The third kappa shape index (κ3) is 2.40. The molecule has 0 unspecified atom stereocenters. The number of aromatic nitrogens is 1. The van der Waals surface area contributed by atoms with Crippen molar-refractivity contribution in [2.24, 2.45) is 0 Å². The summed E-state index contributed by atoms with van der Waals surface area (Å²) in [7, 11) is 0. The predicted molar refractivity (Wildman–Crippen MR) is 125 cm³/mol. The number of hydrogen-bond donors (Lipinski definition) is 0. The Hall–Kier alpha value is -2.75.